The lowest BCUT2D eigenvalue weighted by Crippen LogP contribution is -2.36. The van der Waals surface area contributed by atoms with E-state index in [-0.39, 0.29) is 23.6 Å². The first kappa shape index (κ1) is 24.6. The summed E-state index contributed by atoms with van der Waals surface area (Å²) in [5, 5.41) is 13.6. The number of carbonyl (C=O) groups excluding carboxylic acids is 2. The van der Waals surface area contributed by atoms with Crippen LogP contribution in [0.25, 0.3) is 0 Å². The van der Waals surface area contributed by atoms with Crippen LogP contribution in [0.4, 0.5) is 0 Å². The Balaban J connectivity index is 1.81. The zero-order valence-corrected chi connectivity index (χ0v) is 20.8. The zero-order chi connectivity index (χ0) is 25.1. The summed E-state index contributed by atoms with van der Waals surface area (Å²) in [5.74, 6) is -0.636. The second-order valence-electron chi connectivity index (χ2n) is 9.21. The first-order valence-corrected chi connectivity index (χ1v) is 12.3. The maximum atomic E-state index is 13.7. The smallest absolute Gasteiger partial charge is 0.337 e. The summed E-state index contributed by atoms with van der Waals surface area (Å²) in [6, 6.07) is 15.1. The number of hydrogen-bond donors (Lipinski definition) is 2. The Morgan fingerprint density at radius 3 is 2.54 bits per heavy atom. The van der Waals surface area contributed by atoms with Crippen molar-refractivity contribution in [1.29, 1.82) is 0 Å². The Kier molecular flexibility index (Phi) is 7.29. The minimum atomic E-state index is -0.605. The molecule has 2 aliphatic rings. The minimum Gasteiger partial charge on any atom is -0.504 e. The molecule has 2 aromatic rings. The van der Waals surface area contributed by atoms with Crippen LogP contribution < -0.4 is 10.1 Å². The van der Waals surface area contributed by atoms with Crippen LogP contribution >= 0.6 is 0 Å². The van der Waals surface area contributed by atoms with Crippen LogP contribution in [0.1, 0.15) is 69.9 Å². The Labute approximate surface area is 206 Å². The van der Waals surface area contributed by atoms with Gasteiger partial charge in [-0.3, -0.25) is 4.79 Å². The Bertz CT molecular complexity index is 1180. The highest BCUT2D eigenvalue weighted by Crippen LogP contribution is 2.47. The lowest BCUT2D eigenvalue weighted by atomic mass is 9.71. The van der Waals surface area contributed by atoms with Crippen molar-refractivity contribution in [3.63, 3.8) is 0 Å². The monoisotopic (exact) mass is 475 g/mol. The minimum absolute atomic E-state index is 0.00461. The molecule has 184 valence electrons. The molecular weight excluding hydrogens is 442 g/mol. The number of Topliss-reactive ketones (excluding diaryl/α,β-unsaturated/α-hetero) is 1. The number of carbonyl (C=O) groups is 2. The summed E-state index contributed by atoms with van der Waals surface area (Å²) in [5.41, 5.74) is 4.36. The average Bonchev–Trinajstić information content (AvgIpc) is 2.85. The van der Waals surface area contributed by atoms with Crippen LogP contribution in [-0.2, 0) is 14.3 Å². The molecule has 0 spiro atoms. The van der Waals surface area contributed by atoms with Crippen molar-refractivity contribution in [2.45, 2.75) is 64.9 Å². The number of dihydropyridines is 1. The summed E-state index contributed by atoms with van der Waals surface area (Å²) in [7, 11) is 0. The molecule has 1 aliphatic carbocycles. The molecule has 0 aromatic heterocycles. The standard InChI is InChI=1S/C29H33NO5/c1-5-17(3)35-29(33)26-18(4)30-22-14-21(19-10-8-7-9-11-19)15-24(32)28(22)27(26)20-12-13-23(31)25(16-20)34-6-2/h7-13,16-17,21,27,30-31H,5-6,14-15H2,1-4H3/t17-,21-,27+/m0/s1. The number of aromatic hydroxyl groups is 1. The van der Waals surface area contributed by atoms with E-state index in [0.717, 1.165) is 11.3 Å². The lowest BCUT2D eigenvalue weighted by molar-refractivity contribution is -0.144. The fraction of sp³-hybridized carbons (Fsp3) is 0.379. The quantitative estimate of drug-likeness (QED) is 0.515. The molecule has 1 heterocycles. The molecule has 6 heteroatoms. The van der Waals surface area contributed by atoms with Crippen molar-refractivity contribution in [1.82, 2.24) is 5.32 Å². The zero-order valence-electron chi connectivity index (χ0n) is 20.8. The van der Waals surface area contributed by atoms with Crippen LogP contribution in [-0.4, -0.2) is 29.6 Å². The first-order valence-electron chi connectivity index (χ1n) is 12.3. The van der Waals surface area contributed by atoms with Crippen molar-refractivity contribution in [3.8, 4) is 11.5 Å². The molecule has 0 saturated heterocycles. The van der Waals surface area contributed by atoms with Crippen molar-refractivity contribution in [2.24, 2.45) is 0 Å². The summed E-state index contributed by atoms with van der Waals surface area (Å²) < 4.78 is 11.3. The molecule has 0 fully saturated rings. The van der Waals surface area contributed by atoms with E-state index in [1.165, 1.54) is 0 Å². The van der Waals surface area contributed by atoms with Gasteiger partial charge in [0.1, 0.15) is 0 Å². The third kappa shape index (κ3) is 4.97. The molecule has 2 N–H and O–H groups in total. The topological polar surface area (TPSA) is 84.9 Å². The van der Waals surface area contributed by atoms with Crippen LogP contribution in [0.15, 0.2) is 71.1 Å². The fourth-order valence-electron chi connectivity index (χ4n) is 4.91. The molecule has 3 atom stereocenters. The maximum Gasteiger partial charge on any atom is 0.337 e. The van der Waals surface area contributed by atoms with Gasteiger partial charge in [-0.2, -0.15) is 0 Å². The molecule has 1 aliphatic heterocycles. The van der Waals surface area contributed by atoms with E-state index < -0.39 is 11.9 Å². The second-order valence-corrected chi connectivity index (χ2v) is 9.21. The van der Waals surface area contributed by atoms with Crippen molar-refractivity contribution in [3.05, 3.63) is 82.2 Å². The summed E-state index contributed by atoms with van der Waals surface area (Å²) in [6.45, 7) is 7.88. The normalized spacial score (nSPS) is 20.7. The highest BCUT2D eigenvalue weighted by molar-refractivity contribution is 6.04. The van der Waals surface area contributed by atoms with Crippen molar-refractivity contribution in [2.75, 3.05) is 6.61 Å². The molecule has 35 heavy (non-hydrogen) atoms. The fourth-order valence-corrected chi connectivity index (χ4v) is 4.91. The second kappa shape index (κ2) is 10.4. The highest BCUT2D eigenvalue weighted by atomic mass is 16.5. The number of benzene rings is 2. The van der Waals surface area contributed by atoms with Gasteiger partial charge in [0.25, 0.3) is 0 Å². The van der Waals surface area contributed by atoms with Crippen molar-refractivity contribution < 1.29 is 24.2 Å². The van der Waals surface area contributed by atoms with Gasteiger partial charge in [0.2, 0.25) is 0 Å². The van der Waals surface area contributed by atoms with Gasteiger partial charge in [-0.05, 0) is 62.8 Å². The molecule has 0 bridgehead atoms. The van der Waals surface area contributed by atoms with Crippen LogP contribution in [0.3, 0.4) is 0 Å². The summed E-state index contributed by atoms with van der Waals surface area (Å²) in [4.78, 5) is 27.0. The van der Waals surface area contributed by atoms with Gasteiger partial charge >= 0.3 is 5.97 Å². The van der Waals surface area contributed by atoms with Crippen LogP contribution in [0.2, 0.25) is 0 Å². The van der Waals surface area contributed by atoms with Gasteiger partial charge in [-0.15, -0.1) is 0 Å². The number of ether oxygens (including phenoxy) is 2. The molecule has 0 radical (unpaired) electrons. The van der Waals surface area contributed by atoms with Crippen molar-refractivity contribution >= 4 is 11.8 Å². The first-order chi connectivity index (χ1) is 16.8. The molecule has 6 nitrogen and oxygen atoms in total. The predicted molar refractivity (Wildman–Crippen MR) is 134 cm³/mol. The van der Waals surface area contributed by atoms with Gasteiger partial charge in [-0.25, -0.2) is 4.79 Å². The van der Waals surface area contributed by atoms with E-state index in [1.54, 1.807) is 18.2 Å². The largest absolute Gasteiger partial charge is 0.504 e. The molecule has 0 saturated carbocycles. The number of esters is 1. The van der Waals surface area contributed by atoms with E-state index in [9.17, 15) is 14.7 Å². The SMILES string of the molecule is CCOc1cc([C@@H]2C(C(=O)O[C@@H](C)CC)=C(C)NC3=C2C(=O)C[C@@H](c2ccccc2)C3)ccc1O. The maximum absolute atomic E-state index is 13.7. The van der Waals surface area contributed by atoms with E-state index in [4.69, 9.17) is 9.47 Å². The predicted octanol–water partition coefficient (Wildman–Crippen LogP) is 5.49. The Hall–Kier alpha value is -3.54. The van der Waals surface area contributed by atoms with Gasteiger partial charge in [0, 0.05) is 29.3 Å². The molecule has 4 rings (SSSR count). The van der Waals surface area contributed by atoms with E-state index >= 15 is 0 Å². The van der Waals surface area contributed by atoms with Crippen LogP contribution in [0, 0.1) is 0 Å². The number of hydrogen-bond acceptors (Lipinski definition) is 6. The molecular formula is C29H33NO5. The van der Waals surface area contributed by atoms with E-state index in [2.05, 4.69) is 17.4 Å². The van der Waals surface area contributed by atoms with E-state index in [1.807, 2.05) is 45.9 Å². The Morgan fingerprint density at radius 1 is 1.11 bits per heavy atom. The highest BCUT2D eigenvalue weighted by Gasteiger charge is 2.41. The van der Waals surface area contributed by atoms with Gasteiger partial charge in [0.05, 0.1) is 18.3 Å². The number of phenolic OH excluding ortho intramolecular Hbond substituents is 1. The summed E-state index contributed by atoms with van der Waals surface area (Å²) in [6.07, 6.45) is 1.48. The Morgan fingerprint density at radius 2 is 1.86 bits per heavy atom. The number of nitrogens with one attached hydrogen (secondary N) is 1. The lowest BCUT2D eigenvalue weighted by Gasteiger charge is -2.37. The number of rotatable bonds is 7. The summed E-state index contributed by atoms with van der Waals surface area (Å²) >= 11 is 0. The number of ketones is 1. The third-order valence-electron chi connectivity index (χ3n) is 6.82. The number of phenols is 1. The molecule has 0 unspecified atom stereocenters. The van der Waals surface area contributed by atoms with Gasteiger partial charge in [0.15, 0.2) is 17.3 Å². The molecule has 2 aromatic carbocycles. The van der Waals surface area contributed by atoms with Crippen LogP contribution in [0.5, 0.6) is 11.5 Å². The van der Waals surface area contributed by atoms with Gasteiger partial charge in [-0.1, -0.05) is 43.3 Å². The number of allylic oxidation sites excluding steroid dienone is 3. The van der Waals surface area contributed by atoms with Gasteiger partial charge < -0.3 is 19.9 Å². The van der Waals surface area contributed by atoms with E-state index in [0.29, 0.717) is 54.0 Å². The third-order valence-corrected chi connectivity index (χ3v) is 6.82. The molecule has 0 amide bonds. The average molecular weight is 476 g/mol.